The van der Waals surface area contributed by atoms with Gasteiger partial charge in [0.05, 0.1) is 24.2 Å². The molecule has 0 saturated carbocycles. The number of nitrogens with one attached hydrogen (secondary N) is 2. The second-order valence-electron chi connectivity index (χ2n) is 7.91. The van der Waals surface area contributed by atoms with Crippen molar-refractivity contribution in [3.63, 3.8) is 0 Å². The molecule has 2 N–H and O–H groups in total. The molecule has 0 aliphatic carbocycles. The summed E-state index contributed by atoms with van der Waals surface area (Å²) >= 11 is 0. The zero-order valence-corrected chi connectivity index (χ0v) is 18.8. The van der Waals surface area contributed by atoms with Gasteiger partial charge in [-0.25, -0.2) is 18.1 Å². The molecule has 8 nitrogen and oxygen atoms in total. The number of hydrogen-bond acceptors (Lipinski definition) is 5. The van der Waals surface area contributed by atoms with E-state index in [0.29, 0.717) is 25.6 Å². The maximum absolute atomic E-state index is 12.5. The van der Waals surface area contributed by atoms with Crippen LogP contribution in [0.25, 0.3) is 0 Å². The zero-order chi connectivity index (χ0) is 21.4. The number of aliphatic imine (C=N–C) groups is 1. The summed E-state index contributed by atoms with van der Waals surface area (Å²) in [5, 5.41) is 3.32. The molecule has 2 aliphatic heterocycles. The first-order chi connectivity index (χ1) is 14.5. The summed E-state index contributed by atoms with van der Waals surface area (Å²) in [6.07, 6.45) is 2.95. The van der Waals surface area contributed by atoms with Crippen molar-refractivity contribution >= 4 is 16.0 Å². The molecule has 1 aromatic rings. The van der Waals surface area contributed by atoms with E-state index in [1.165, 1.54) is 0 Å². The third kappa shape index (κ3) is 6.66. The van der Waals surface area contributed by atoms with Gasteiger partial charge in [-0.1, -0.05) is 12.1 Å². The largest absolute Gasteiger partial charge is 0.381 e. The highest BCUT2D eigenvalue weighted by Gasteiger charge is 2.21. The van der Waals surface area contributed by atoms with E-state index in [4.69, 9.17) is 14.5 Å². The van der Waals surface area contributed by atoms with Crippen LogP contribution in [0.4, 0.5) is 0 Å². The fraction of sp³-hybridized carbons (Fsp3) is 0.667. The number of guanidine groups is 1. The van der Waals surface area contributed by atoms with E-state index in [-0.39, 0.29) is 11.0 Å². The number of rotatable bonds is 9. The summed E-state index contributed by atoms with van der Waals surface area (Å²) in [6.45, 7) is 6.89. The van der Waals surface area contributed by atoms with Crippen LogP contribution in [-0.4, -0.2) is 71.9 Å². The predicted molar refractivity (Wildman–Crippen MR) is 117 cm³/mol. The molecule has 2 fully saturated rings. The number of hydrogen-bond donors (Lipinski definition) is 2. The molecular formula is C21H34N4O4S. The molecule has 2 heterocycles. The third-order valence-corrected chi connectivity index (χ3v) is 6.86. The lowest BCUT2D eigenvalue weighted by Gasteiger charge is -2.24. The minimum atomic E-state index is -3.53. The molecule has 0 radical (unpaired) electrons. The Kier molecular flexibility index (Phi) is 8.50. The molecule has 2 aliphatic rings. The monoisotopic (exact) mass is 438 g/mol. The molecule has 0 aromatic heterocycles. The minimum Gasteiger partial charge on any atom is -0.381 e. The second-order valence-corrected chi connectivity index (χ2v) is 9.68. The van der Waals surface area contributed by atoms with Gasteiger partial charge < -0.3 is 19.7 Å². The van der Waals surface area contributed by atoms with Gasteiger partial charge in [0.15, 0.2) is 5.96 Å². The van der Waals surface area contributed by atoms with Gasteiger partial charge in [0.1, 0.15) is 0 Å². The van der Waals surface area contributed by atoms with Crippen LogP contribution >= 0.6 is 0 Å². The lowest BCUT2D eigenvalue weighted by atomic mass is 10.1. The molecule has 0 spiro atoms. The second kappa shape index (κ2) is 11.1. The number of ether oxygens (including phenoxy) is 2. The van der Waals surface area contributed by atoms with E-state index in [0.717, 1.165) is 57.1 Å². The summed E-state index contributed by atoms with van der Waals surface area (Å²) in [5.41, 5.74) is 0.959. The highest BCUT2D eigenvalue weighted by Crippen LogP contribution is 2.15. The summed E-state index contributed by atoms with van der Waals surface area (Å²) in [6, 6.07) is 6.90. The van der Waals surface area contributed by atoms with Gasteiger partial charge in [0, 0.05) is 45.8 Å². The molecular weight excluding hydrogens is 404 g/mol. The van der Waals surface area contributed by atoms with Crippen molar-refractivity contribution in [3.8, 4) is 0 Å². The standard InChI is InChI=1S/C21H34N4O4S/c1-3-22-21(25(2)15-18-10-12-28-16-18)23-13-17-6-8-20(9-7-17)30(26,27)24-14-19-5-4-11-29-19/h6-9,18-19,24H,3-5,10-16H2,1-2H3,(H,22,23). The molecule has 2 saturated heterocycles. The van der Waals surface area contributed by atoms with Gasteiger partial charge in [-0.15, -0.1) is 0 Å². The molecule has 9 heteroatoms. The van der Waals surface area contributed by atoms with Gasteiger partial charge >= 0.3 is 0 Å². The summed E-state index contributed by atoms with van der Waals surface area (Å²) in [7, 11) is -1.49. The van der Waals surface area contributed by atoms with Crippen LogP contribution < -0.4 is 10.0 Å². The Morgan fingerprint density at radius 2 is 2.03 bits per heavy atom. The van der Waals surface area contributed by atoms with Crippen molar-refractivity contribution in [2.24, 2.45) is 10.9 Å². The molecule has 0 bridgehead atoms. The summed E-state index contributed by atoms with van der Waals surface area (Å²) in [5.74, 6) is 1.38. The zero-order valence-electron chi connectivity index (χ0n) is 18.0. The number of sulfonamides is 1. The molecule has 168 valence electrons. The normalized spacial score (nSPS) is 22.4. The quantitative estimate of drug-likeness (QED) is 0.449. The van der Waals surface area contributed by atoms with E-state index in [2.05, 4.69) is 14.9 Å². The fourth-order valence-corrected chi connectivity index (χ4v) is 4.77. The molecule has 2 atom stereocenters. The first-order valence-electron chi connectivity index (χ1n) is 10.8. The van der Waals surface area contributed by atoms with Crippen LogP contribution in [0.5, 0.6) is 0 Å². The van der Waals surface area contributed by atoms with Gasteiger partial charge in [-0.3, -0.25) is 0 Å². The predicted octanol–water partition coefficient (Wildman–Crippen LogP) is 1.58. The van der Waals surface area contributed by atoms with E-state index >= 15 is 0 Å². The Morgan fingerprint density at radius 3 is 2.67 bits per heavy atom. The summed E-state index contributed by atoms with van der Waals surface area (Å²) in [4.78, 5) is 7.11. The van der Waals surface area contributed by atoms with Crippen LogP contribution in [0.1, 0.15) is 31.7 Å². The molecule has 0 amide bonds. The van der Waals surface area contributed by atoms with Crippen LogP contribution in [0.15, 0.2) is 34.2 Å². The van der Waals surface area contributed by atoms with Gasteiger partial charge in [0.25, 0.3) is 0 Å². The first-order valence-corrected chi connectivity index (χ1v) is 12.2. The number of nitrogens with zero attached hydrogens (tertiary/aromatic N) is 2. The Bertz CT molecular complexity index is 786. The average molecular weight is 439 g/mol. The van der Waals surface area contributed by atoms with Crippen LogP contribution in [0.2, 0.25) is 0 Å². The van der Waals surface area contributed by atoms with Crippen molar-refractivity contribution in [2.75, 3.05) is 46.5 Å². The smallest absolute Gasteiger partial charge is 0.240 e. The van der Waals surface area contributed by atoms with Gasteiger partial charge in [0.2, 0.25) is 10.0 Å². The fourth-order valence-electron chi connectivity index (χ4n) is 3.70. The van der Waals surface area contributed by atoms with Crippen molar-refractivity contribution < 1.29 is 17.9 Å². The van der Waals surface area contributed by atoms with E-state index < -0.39 is 10.0 Å². The molecule has 1 aromatic carbocycles. The topological polar surface area (TPSA) is 92.3 Å². The van der Waals surface area contributed by atoms with Crippen LogP contribution in [-0.2, 0) is 26.0 Å². The average Bonchev–Trinajstić information content (AvgIpc) is 3.44. The lowest BCUT2D eigenvalue weighted by molar-refractivity contribution is 0.114. The van der Waals surface area contributed by atoms with Crippen molar-refractivity contribution in [1.82, 2.24) is 14.9 Å². The first kappa shape index (κ1) is 23.0. The lowest BCUT2D eigenvalue weighted by Crippen LogP contribution is -2.41. The van der Waals surface area contributed by atoms with Crippen LogP contribution in [0.3, 0.4) is 0 Å². The minimum absolute atomic E-state index is 0.0225. The SMILES string of the molecule is CCNC(=NCc1ccc(S(=O)(=O)NCC2CCCO2)cc1)N(C)CC1CCOC1. The van der Waals surface area contributed by atoms with E-state index in [9.17, 15) is 8.42 Å². The molecule has 30 heavy (non-hydrogen) atoms. The van der Waals surface area contributed by atoms with Crippen molar-refractivity contribution in [2.45, 2.75) is 43.7 Å². The molecule has 3 rings (SSSR count). The van der Waals surface area contributed by atoms with E-state index in [1.54, 1.807) is 12.1 Å². The van der Waals surface area contributed by atoms with Crippen molar-refractivity contribution in [1.29, 1.82) is 0 Å². The Balaban J connectivity index is 1.57. The summed E-state index contributed by atoms with van der Waals surface area (Å²) < 4.78 is 38.6. The Morgan fingerprint density at radius 1 is 1.23 bits per heavy atom. The highest BCUT2D eigenvalue weighted by atomic mass is 32.2. The number of benzene rings is 1. The highest BCUT2D eigenvalue weighted by molar-refractivity contribution is 7.89. The molecule has 2 unspecified atom stereocenters. The Labute approximate surface area is 180 Å². The maximum Gasteiger partial charge on any atom is 0.240 e. The Hall–Kier alpha value is -1.68. The maximum atomic E-state index is 12.5. The van der Waals surface area contributed by atoms with Crippen LogP contribution in [0, 0.1) is 5.92 Å². The van der Waals surface area contributed by atoms with E-state index in [1.807, 2.05) is 26.1 Å². The van der Waals surface area contributed by atoms with Crippen molar-refractivity contribution in [3.05, 3.63) is 29.8 Å². The van der Waals surface area contributed by atoms with Gasteiger partial charge in [-0.05, 0) is 43.9 Å². The van der Waals surface area contributed by atoms with Gasteiger partial charge in [-0.2, -0.15) is 0 Å². The third-order valence-electron chi connectivity index (χ3n) is 5.42.